The second-order valence-corrected chi connectivity index (χ2v) is 10.8. The molecule has 1 aromatic rings. The number of hydrogen-bond donors (Lipinski definition) is 1. The van der Waals surface area contributed by atoms with Gasteiger partial charge in [-0.2, -0.15) is 0 Å². The smallest absolute Gasteiger partial charge is 0.224 e. The summed E-state index contributed by atoms with van der Waals surface area (Å²) < 4.78 is 25.7. The molecule has 6 nitrogen and oxygen atoms in total. The van der Waals surface area contributed by atoms with E-state index in [4.69, 9.17) is 0 Å². The molecule has 2 saturated heterocycles. The van der Waals surface area contributed by atoms with Crippen molar-refractivity contribution in [2.75, 3.05) is 36.8 Å². The van der Waals surface area contributed by atoms with Crippen LogP contribution in [0.3, 0.4) is 0 Å². The van der Waals surface area contributed by atoms with Gasteiger partial charge in [0.25, 0.3) is 0 Å². The van der Waals surface area contributed by atoms with Crippen molar-refractivity contribution in [3.05, 3.63) is 29.8 Å². The topological polar surface area (TPSA) is 69.7 Å². The Bertz CT molecular complexity index is 786. The van der Waals surface area contributed by atoms with E-state index in [1.54, 1.807) is 6.92 Å². The highest BCUT2D eigenvalue weighted by Crippen LogP contribution is 2.25. The third-order valence-electron chi connectivity index (χ3n) is 6.41. The molecule has 2 aliphatic heterocycles. The van der Waals surface area contributed by atoms with Crippen LogP contribution in [0.2, 0.25) is 0 Å². The Morgan fingerprint density at radius 2 is 1.79 bits per heavy atom. The van der Waals surface area contributed by atoms with Crippen LogP contribution in [0.25, 0.3) is 0 Å². The van der Waals surface area contributed by atoms with Gasteiger partial charge < -0.3 is 10.2 Å². The summed E-state index contributed by atoms with van der Waals surface area (Å²) in [7, 11) is -3.24. The molecular weight excluding hydrogens is 386 g/mol. The average Bonchev–Trinajstić information content (AvgIpc) is 2.74. The first-order chi connectivity index (χ1) is 13.8. The van der Waals surface area contributed by atoms with Gasteiger partial charge in [0.15, 0.2) is 0 Å². The number of piperidine rings is 2. The molecule has 2 heterocycles. The quantitative estimate of drug-likeness (QED) is 0.766. The summed E-state index contributed by atoms with van der Waals surface area (Å²) in [5.41, 5.74) is 2.31. The van der Waals surface area contributed by atoms with E-state index >= 15 is 0 Å². The zero-order valence-corrected chi connectivity index (χ0v) is 18.7. The van der Waals surface area contributed by atoms with Gasteiger partial charge in [-0.15, -0.1) is 0 Å². The van der Waals surface area contributed by atoms with Crippen LogP contribution in [0.1, 0.15) is 58.1 Å². The van der Waals surface area contributed by atoms with Gasteiger partial charge in [0, 0.05) is 31.9 Å². The number of amides is 1. The Hall–Kier alpha value is -1.60. The molecule has 0 radical (unpaired) electrons. The minimum Gasteiger partial charge on any atom is -0.372 e. The van der Waals surface area contributed by atoms with Crippen molar-refractivity contribution in [1.29, 1.82) is 0 Å². The van der Waals surface area contributed by atoms with Gasteiger partial charge >= 0.3 is 0 Å². The van der Waals surface area contributed by atoms with Crippen LogP contribution < -0.4 is 10.2 Å². The van der Waals surface area contributed by atoms with E-state index in [1.807, 2.05) is 6.92 Å². The number of rotatable bonds is 6. The number of carbonyl (C=O) groups is 1. The lowest BCUT2D eigenvalue weighted by atomic mass is 9.97. The average molecular weight is 422 g/mol. The van der Waals surface area contributed by atoms with Gasteiger partial charge in [0.05, 0.1) is 17.7 Å². The first-order valence-electron chi connectivity index (χ1n) is 10.9. The normalized spacial score (nSPS) is 23.0. The van der Waals surface area contributed by atoms with E-state index in [0.29, 0.717) is 13.1 Å². The van der Waals surface area contributed by atoms with Gasteiger partial charge in [-0.1, -0.05) is 19.1 Å². The Kier molecular flexibility index (Phi) is 7.22. The number of benzene rings is 1. The van der Waals surface area contributed by atoms with Crippen molar-refractivity contribution < 1.29 is 13.2 Å². The minimum atomic E-state index is -3.24. The molecule has 2 fully saturated rings. The van der Waals surface area contributed by atoms with Crippen LogP contribution in [-0.2, 0) is 14.8 Å². The van der Waals surface area contributed by atoms with Crippen LogP contribution in [0.15, 0.2) is 24.3 Å². The van der Waals surface area contributed by atoms with E-state index < -0.39 is 10.0 Å². The summed E-state index contributed by atoms with van der Waals surface area (Å²) in [6, 6.07) is 8.37. The fourth-order valence-corrected chi connectivity index (χ4v) is 5.43. The zero-order valence-electron chi connectivity index (χ0n) is 17.9. The monoisotopic (exact) mass is 421 g/mol. The third kappa shape index (κ3) is 5.51. The predicted molar refractivity (Wildman–Crippen MR) is 117 cm³/mol. The van der Waals surface area contributed by atoms with Gasteiger partial charge in [-0.05, 0) is 63.1 Å². The molecule has 1 amide bonds. The van der Waals surface area contributed by atoms with E-state index in [-0.39, 0.29) is 23.6 Å². The summed E-state index contributed by atoms with van der Waals surface area (Å²) in [5.74, 6) is 0.563. The second kappa shape index (κ2) is 9.47. The molecule has 0 saturated carbocycles. The van der Waals surface area contributed by atoms with E-state index in [9.17, 15) is 13.2 Å². The maximum atomic E-state index is 12.7. The summed E-state index contributed by atoms with van der Waals surface area (Å²) in [5, 5.41) is 3.09. The van der Waals surface area contributed by atoms with E-state index in [0.717, 1.165) is 37.4 Å². The van der Waals surface area contributed by atoms with Gasteiger partial charge in [0.2, 0.25) is 15.9 Å². The van der Waals surface area contributed by atoms with Crippen molar-refractivity contribution >= 4 is 21.6 Å². The highest BCUT2D eigenvalue weighted by molar-refractivity contribution is 7.89. The molecule has 2 aliphatic rings. The van der Waals surface area contributed by atoms with Crippen molar-refractivity contribution in [2.24, 2.45) is 11.8 Å². The highest BCUT2D eigenvalue weighted by atomic mass is 32.2. The maximum absolute atomic E-state index is 12.7. The Balaban J connectivity index is 1.56. The molecule has 0 aliphatic carbocycles. The van der Waals surface area contributed by atoms with Gasteiger partial charge in [0.1, 0.15) is 0 Å². The SMILES string of the molecule is CCS(=O)(=O)N1CCC[C@@H](C(=O)N[C@@H](C)c2ccc(N3CCC(C)CC3)cc2)C1. The lowest BCUT2D eigenvalue weighted by Gasteiger charge is -2.32. The molecular formula is C22H35N3O3S. The van der Waals surface area contributed by atoms with Crippen LogP contribution >= 0.6 is 0 Å². The van der Waals surface area contributed by atoms with Crippen LogP contribution in [0.4, 0.5) is 5.69 Å². The molecule has 0 unspecified atom stereocenters. The Labute approximate surface area is 175 Å². The Morgan fingerprint density at radius 3 is 2.41 bits per heavy atom. The van der Waals surface area contributed by atoms with Gasteiger partial charge in [-0.25, -0.2) is 12.7 Å². The highest BCUT2D eigenvalue weighted by Gasteiger charge is 2.31. The zero-order chi connectivity index (χ0) is 21.0. The second-order valence-electron chi connectivity index (χ2n) is 8.59. The largest absolute Gasteiger partial charge is 0.372 e. The summed E-state index contributed by atoms with van der Waals surface area (Å²) in [6.45, 7) is 8.96. The molecule has 1 aromatic carbocycles. The minimum absolute atomic E-state index is 0.0532. The number of anilines is 1. The molecule has 0 aromatic heterocycles. The number of nitrogens with zero attached hydrogens (tertiary/aromatic N) is 2. The van der Waals surface area contributed by atoms with Crippen LogP contribution in [0.5, 0.6) is 0 Å². The predicted octanol–water partition coefficient (Wildman–Crippen LogP) is 3.16. The first-order valence-corrected chi connectivity index (χ1v) is 12.5. The number of nitrogens with one attached hydrogen (secondary N) is 1. The first kappa shape index (κ1) is 22.1. The Morgan fingerprint density at radius 1 is 1.14 bits per heavy atom. The number of hydrogen-bond acceptors (Lipinski definition) is 4. The molecule has 29 heavy (non-hydrogen) atoms. The fraction of sp³-hybridized carbons (Fsp3) is 0.682. The number of sulfonamides is 1. The van der Waals surface area contributed by atoms with Crippen molar-refractivity contribution in [3.8, 4) is 0 Å². The van der Waals surface area contributed by atoms with E-state index in [1.165, 1.54) is 22.8 Å². The molecule has 0 spiro atoms. The summed E-state index contributed by atoms with van der Waals surface area (Å²) in [6.07, 6.45) is 3.94. The fourth-order valence-electron chi connectivity index (χ4n) is 4.25. The maximum Gasteiger partial charge on any atom is 0.224 e. The summed E-state index contributed by atoms with van der Waals surface area (Å²) in [4.78, 5) is 15.2. The molecule has 7 heteroatoms. The van der Waals surface area contributed by atoms with Crippen molar-refractivity contribution in [2.45, 2.75) is 52.5 Å². The number of carbonyl (C=O) groups excluding carboxylic acids is 1. The molecule has 162 valence electrons. The lowest BCUT2D eigenvalue weighted by Crippen LogP contribution is -2.46. The lowest BCUT2D eigenvalue weighted by molar-refractivity contribution is -0.126. The molecule has 1 N–H and O–H groups in total. The van der Waals surface area contributed by atoms with E-state index in [2.05, 4.69) is 41.4 Å². The van der Waals surface area contributed by atoms with Gasteiger partial charge in [-0.3, -0.25) is 4.79 Å². The van der Waals surface area contributed by atoms with Crippen molar-refractivity contribution in [1.82, 2.24) is 9.62 Å². The third-order valence-corrected chi connectivity index (χ3v) is 8.26. The molecule has 0 bridgehead atoms. The molecule has 2 atom stereocenters. The standard InChI is InChI=1S/C22H35N3O3S/c1-4-29(27,28)25-13-5-6-20(16-25)22(26)23-18(3)19-7-9-21(10-8-19)24-14-11-17(2)12-15-24/h7-10,17-18,20H,4-6,11-16H2,1-3H3,(H,23,26)/t18-,20+/m0/s1. The van der Waals surface area contributed by atoms with Crippen LogP contribution in [-0.4, -0.2) is 50.6 Å². The molecule has 3 rings (SSSR count). The summed E-state index contributed by atoms with van der Waals surface area (Å²) >= 11 is 0. The van der Waals surface area contributed by atoms with Crippen molar-refractivity contribution in [3.63, 3.8) is 0 Å². The van der Waals surface area contributed by atoms with Crippen LogP contribution in [0, 0.1) is 11.8 Å².